The summed E-state index contributed by atoms with van der Waals surface area (Å²) in [6, 6.07) is 0. The fourth-order valence-corrected chi connectivity index (χ4v) is 1.43. The van der Waals surface area contributed by atoms with Gasteiger partial charge in [0.25, 0.3) is 0 Å². The van der Waals surface area contributed by atoms with E-state index >= 15 is 0 Å². The van der Waals surface area contributed by atoms with Crippen LogP contribution in [0.15, 0.2) is 5.16 Å². The maximum atomic E-state index is 10.7. The first kappa shape index (κ1) is 20.0. The van der Waals surface area contributed by atoms with Crippen molar-refractivity contribution in [2.24, 2.45) is 5.16 Å². The molecule has 0 saturated carbocycles. The molecule has 8 nitrogen and oxygen atoms in total. The van der Waals surface area contributed by atoms with Gasteiger partial charge in [-0.2, -0.15) is 0 Å². The molecule has 0 aromatic carbocycles. The van der Waals surface area contributed by atoms with E-state index in [1.807, 2.05) is 0 Å². The van der Waals surface area contributed by atoms with Crippen LogP contribution in [0.4, 0.5) is 4.79 Å². The number of nitrogens with zero attached hydrogens (tertiary/aromatic N) is 2. The van der Waals surface area contributed by atoms with Crippen LogP contribution in [0, 0.1) is 0 Å². The van der Waals surface area contributed by atoms with Crippen molar-refractivity contribution in [3.05, 3.63) is 0 Å². The lowest BCUT2D eigenvalue weighted by Crippen LogP contribution is -2.32. The third-order valence-electron chi connectivity index (χ3n) is 2.16. The third-order valence-corrected chi connectivity index (χ3v) is 4.02. The number of halogens is 1. The molecule has 0 rings (SSSR count). The number of alkyl halides is 1. The summed E-state index contributed by atoms with van der Waals surface area (Å²) >= 11 is 5.04. The summed E-state index contributed by atoms with van der Waals surface area (Å²) in [5, 5.41) is 18.4. The molecule has 0 radical (unpaired) electrons. The molecule has 0 bridgehead atoms. The van der Waals surface area contributed by atoms with Gasteiger partial charge in [0.15, 0.2) is 9.84 Å². The number of imide groups is 1. The van der Waals surface area contributed by atoms with Gasteiger partial charge in [0, 0.05) is 13.3 Å². The van der Waals surface area contributed by atoms with E-state index in [0.29, 0.717) is 4.90 Å². The Bertz CT molecular complexity index is 448. The number of carbonyl (C=O) groups is 2. The fraction of sp³-hybridized carbons (Fsp3) is 0.667. The number of oxime groups is 1. The minimum Gasteiger partial charge on any atom is -0.465 e. The van der Waals surface area contributed by atoms with Gasteiger partial charge < -0.3 is 10.3 Å². The van der Waals surface area contributed by atoms with Crippen molar-refractivity contribution in [3.63, 3.8) is 0 Å². The van der Waals surface area contributed by atoms with Crippen molar-refractivity contribution in [2.75, 3.05) is 19.2 Å². The van der Waals surface area contributed by atoms with E-state index in [9.17, 15) is 18.0 Å². The van der Waals surface area contributed by atoms with Crippen molar-refractivity contribution >= 4 is 39.2 Å². The SMILES string of the molecule is CC(=NO)C(C)S(C)(=O)=O.CN(C(=O)O)C(=O)CCl. The second kappa shape index (κ2) is 8.70. The summed E-state index contributed by atoms with van der Waals surface area (Å²) in [5.41, 5.74) is 0.211. The standard InChI is InChI=1S/C5H11NO3S.C4H6ClNO3/c1-4(6-7)5(2)10(3,8)9;1-6(4(8)9)3(7)2-5/h5,7H,1-3H3;2H2,1H3,(H,8,9). The minimum atomic E-state index is -3.10. The Labute approximate surface area is 116 Å². The molecule has 0 aromatic rings. The Morgan fingerprint density at radius 2 is 1.84 bits per heavy atom. The van der Waals surface area contributed by atoms with E-state index in [2.05, 4.69) is 5.16 Å². The first-order valence-corrected chi connectivity index (χ1v) is 7.40. The van der Waals surface area contributed by atoms with Gasteiger partial charge in [0.05, 0.1) is 11.0 Å². The average Bonchev–Trinajstić information content (AvgIpc) is 2.34. The average molecular weight is 317 g/mol. The van der Waals surface area contributed by atoms with Gasteiger partial charge in [-0.05, 0) is 13.8 Å². The highest BCUT2D eigenvalue weighted by Gasteiger charge is 2.17. The van der Waals surface area contributed by atoms with Crippen molar-refractivity contribution < 1.29 is 28.3 Å². The largest absolute Gasteiger partial charge is 0.465 e. The van der Waals surface area contributed by atoms with Crippen LogP contribution in [0.5, 0.6) is 0 Å². The Kier molecular flexibility index (Phi) is 9.15. The van der Waals surface area contributed by atoms with Crippen molar-refractivity contribution in [3.8, 4) is 0 Å². The second-order valence-corrected chi connectivity index (χ2v) is 6.22. The molecular weight excluding hydrogens is 300 g/mol. The van der Waals surface area contributed by atoms with Gasteiger partial charge in [-0.3, -0.25) is 4.79 Å². The monoisotopic (exact) mass is 316 g/mol. The first-order valence-electron chi connectivity index (χ1n) is 4.91. The molecule has 0 aliphatic carbocycles. The Hall–Kier alpha value is -1.35. The molecule has 0 aliphatic rings. The summed E-state index contributed by atoms with van der Waals surface area (Å²) < 4.78 is 21.5. The zero-order valence-electron chi connectivity index (χ0n) is 11.0. The van der Waals surface area contributed by atoms with Gasteiger partial charge in [-0.1, -0.05) is 5.16 Å². The summed E-state index contributed by atoms with van der Waals surface area (Å²) in [5.74, 6) is -0.924. The maximum absolute atomic E-state index is 10.7. The molecule has 0 aromatic heterocycles. The molecule has 19 heavy (non-hydrogen) atoms. The predicted octanol–water partition coefficient (Wildman–Crippen LogP) is 0.631. The molecule has 2 amide bonds. The molecule has 0 saturated heterocycles. The van der Waals surface area contributed by atoms with Crippen LogP contribution in [0.25, 0.3) is 0 Å². The predicted molar refractivity (Wildman–Crippen MR) is 70.7 cm³/mol. The lowest BCUT2D eigenvalue weighted by molar-refractivity contribution is -0.125. The Balaban J connectivity index is 0. The van der Waals surface area contributed by atoms with Crippen LogP contribution in [0.2, 0.25) is 0 Å². The molecule has 2 N–H and O–H groups in total. The summed E-state index contributed by atoms with van der Waals surface area (Å²) in [4.78, 5) is 20.8. The van der Waals surface area contributed by atoms with E-state index in [4.69, 9.17) is 21.9 Å². The zero-order valence-corrected chi connectivity index (χ0v) is 12.6. The lowest BCUT2D eigenvalue weighted by atomic mass is 10.3. The Morgan fingerprint density at radius 3 is 1.95 bits per heavy atom. The number of hydrogen-bond acceptors (Lipinski definition) is 6. The smallest absolute Gasteiger partial charge is 0.413 e. The molecule has 1 unspecified atom stereocenters. The van der Waals surface area contributed by atoms with Crippen molar-refractivity contribution in [1.82, 2.24) is 4.90 Å². The molecule has 1 atom stereocenters. The highest BCUT2D eigenvalue weighted by Crippen LogP contribution is 1.99. The second-order valence-electron chi connectivity index (χ2n) is 3.58. The Morgan fingerprint density at radius 1 is 1.42 bits per heavy atom. The van der Waals surface area contributed by atoms with E-state index < -0.39 is 27.1 Å². The van der Waals surface area contributed by atoms with Gasteiger partial charge in [-0.15, -0.1) is 11.6 Å². The number of carboxylic acid groups (broad SMARTS) is 1. The highest BCUT2D eigenvalue weighted by molar-refractivity contribution is 7.92. The van der Waals surface area contributed by atoms with Crippen LogP contribution >= 0.6 is 11.6 Å². The van der Waals surface area contributed by atoms with E-state index in [0.717, 1.165) is 13.3 Å². The number of hydrogen-bond donors (Lipinski definition) is 2. The topological polar surface area (TPSA) is 124 Å². The molecule has 10 heteroatoms. The van der Waals surface area contributed by atoms with Gasteiger partial charge in [0.1, 0.15) is 5.88 Å². The first-order chi connectivity index (χ1) is 8.48. The van der Waals surface area contributed by atoms with E-state index in [1.165, 1.54) is 13.8 Å². The van der Waals surface area contributed by atoms with Crippen LogP contribution in [0.3, 0.4) is 0 Å². The van der Waals surface area contributed by atoms with Crippen LogP contribution in [-0.2, 0) is 14.6 Å². The van der Waals surface area contributed by atoms with Crippen LogP contribution in [-0.4, -0.2) is 65.8 Å². The van der Waals surface area contributed by atoms with Gasteiger partial charge in [-0.25, -0.2) is 18.1 Å². The summed E-state index contributed by atoms with van der Waals surface area (Å²) in [6.07, 6.45) is -0.188. The normalized spacial score (nSPS) is 13.0. The highest BCUT2D eigenvalue weighted by atomic mass is 35.5. The minimum absolute atomic E-state index is 0.211. The van der Waals surface area contributed by atoms with Gasteiger partial charge in [0.2, 0.25) is 5.91 Å². The van der Waals surface area contributed by atoms with Crippen LogP contribution in [0.1, 0.15) is 13.8 Å². The summed E-state index contributed by atoms with van der Waals surface area (Å²) in [6.45, 7) is 2.94. The molecule has 0 fully saturated rings. The van der Waals surface area contributed by atoms with Crippen LogP contribution < -0.4 is 0 Å². The van der Waals surface area contributed by atoms with Crippen molar-refractivity contribution in [1.29, 1.82) is 0 Å². The zero-order chi connectivity index (χ0) is 15.8. The molecule has 112 valence electrons. The lowest BCUT2D eigenvalue weighted by Gasteiger charge is -2.06. The number of sulfone groups is 1. The molecule has 0 heterocycles. The molecular formula is C9H17ClN2O6S. The fourth-order valence-electron chi connectivity index (χ4n) is 0.587. The molecule has 0 aliphatic heterocycles. The van der Waals surface area contributed by atoms with Gasteiger partial charge >= 0.3 is 6.09 Å². The van der Waals surface area contributed by atoms with Crippen molar-refractivity contribution in [2.45, 2.75) is 19.1 Å². The summed E-state index contributed by atoms with van der Waals surface area (Å²) in [7, 11) is -1.96. The maximum Gasteiger partial charge on any atom is 0.413 e. The number of amides is 2. The number of carbonyl (C=O) groups excluding carboxylic acids is 1. The van der Waals surface area contributed by atoms with E-state index in [1.54, 1.807) is 0 Å². The number of rotatable bonds is 3. The third kappa shape index (κ3) is 8.38. The molecule has 0 spiro atoms. The quantitative estimate of drug-likeness (QED) is 0.340. The van der Waals surface area contributed by atoms with E-state index in [-0.39, 0.29) is 11.6 Å².